The summed E-state index contributed by atoms with van der Waals surface area (Å²) in [4.78, 5) is 8.26. The van der Waals surface area contributed by atoms with Crippen molar-refractivity contribution in [3.8, 4) is 5.69 Å². The predicted octanol–water partition coefficient (Wildman–Crippen LogP) is 2.30. The minimum absolute atomic E-state index is 0.925. The Labute approximate surface area is 82.8 Å². The molecule has 0 saturated heterocycles. The molecule has 0 atom stereocenters. The van der Waals surface area contributed by atoms with E-state index in [1.165, 1.54) is 0 Å². The summed E-state index contributed by atoms with van der Waals surface area (Å²) < 4.78 is 1.91. The topological polar surface area (TPSA) is 30.7 Å². The zero-order valence-corrected chi connectivity index (χ0v) is 8.01. The van der Waals surface area contributed by atoms with Crippen molar-refractivity contribution in [1.82, 2.24) is 14.5 Å². The van der Waals surface area contributed by atoms with E-state index in [-0.39, 0.29) is 0 Å². The fourth-order valence-corrected chi connectivity index (χ4v) is 1.20. The van der Waals surface area contributed by atoms with Gasteiger partial charge in [0.25, 0.3) is 0 Å². The molecule has 0 aliphatic rings. The number of allylic oxidation sites excluding steroid dienone is 1. The summed E-state index contributed by atoms with van der Waals surface area (Å²) in [6.45, 7) is 5.78. The standard InChI is InChI=1S/C11H11N3/c1-9(2)11-4-3-10(7-13-11)14-6-5-12-8-14/h3-8H,1H2,2H3. The zero-order chi connectivity index (χ0) is 9.97. The lowest BCUT2D eigenvalue weighted by atomic mass is 10.2. The van der Waals surface area contributed by atoms with Crippen molar-refractivity contribution in [2.45, 2.75) is 6.92 Å². The fourth-order valence-electron chi connectivity index (χ4n) is 1.20. The molecule has 0 bridgehead atoms. The Bertz CT molecular complexity index is 426. The molecule has 0 amide bonds. The van der Waals surface area contributed by atoms with Gasteiger partial charge in [0.1, 0.15) is 0 Å². The Morgan fingerprint density at radius 3 is 2.79 bits per heavy atom. The van der Waals surface area contributed by atoms with Gasteiger partial charge in [0.15, 0.2) is 0 Å². The molecule has 0 N–H and O–H groups in total. The quantitative estimate of drug-likeness (QED) is 0.718. The highest BCUT2D eigenvalue weighted by atomic mass is 15.0. The zero-order valence-electron chi connectivity index (χ0n) is 8.01. The smallest absolute Gasteiger partial charge is 0.0992 e. The molecule has 0 unspecified atom stereocenters. The van der Waals surface area contributed by atoms with Gasteiger partial charge in [-0.25, -0.2) is 4.98 Å². The van der Waals surface area contributed by atoms with E-state index < -0.39 is 0 Å². The van der Waals surface area contributed by atoms with Crippen LogP contribution in [0.1, 0.15) is 12.6 Å². The van der Waals surface area contributed by atoms with Gasteiger partial charge in [-0.1, -0.05) is 6.58 Å². The lowest BCUT2D eigenvalue weighted by Gasteiger charge is -2.02. The summed E-state index contributed by atoms with van der Waals surface area (Å²) in [5.74, 6) is 0. The third-order valence-electron chi connectivity index (χ3n) is 1.99. The molecule has 2 heterocycles. The molecular formula is C11H11N3. The van der Waals surface area contributed by atoms with Gasteiger partial charge in [-0.3, -0.25) is 4.98 Å². The van der Waals surface area contributed by atoms with Gasteiger partial charge in [0, 0.05) is 12.4 Å². The van der Waals surface area contributed by atoms with Gasteiger partial charge >= 0.3 is 0 Å². The molecule has 3 heteroatoms. The van der Waals surface area contributed by atoms with Crippen LogP contribution in [0.25, 0.3) is 11.3 Å². The van der Waals surface area contributed by atoms with Crippen molar-refractivity contribution in [3.05, 3.63) is 49.3 Å². The number of pyridine rings is 1. The maximum atomic E-state index is 4.29. The summed E-state index contributed by atoms with van der Waals surface area (Å²) >= 11 is 0. The van der Waals surface area contributed by atoms with Crippen molar-refractivity contribution < 1.29 is 0 Å². The lowest BCUT2D eigenvalue weighted by Crippen LogP contribution is -1.92. The van der Waals surface area contributed by atoms with Crippen molar-refractivity contribution in [2.75, 3.05) is 0 Å². The highest BCUT2D eigenvalue weighted by Gasteiger charge is 1.97. The Morgan fingerprint density at radius 1 is 1.43 bits per heavy atom. The summed E-state index contributed by atoms with van der Waals surface area (Å²) in [7, 11) is 0. The SMILES string of the molecule is C=C(C)c1ccc(-n2ccnc2)cn1. The van der Waals surface area contributed by atoms with Crippen molar-refractivity contribution in [2.24, 2.45) is 0 Å². The third kappa shape index (κ3) is 1.57. The molecule has 14 heavy (non-hydrogen) atoms. The maximum Gasteiger partial charge on any atom is 0.0992 e. The molecule has 0 aliphatic heterocycles. The number of hydrogen-bond acceptors (Lipinski definition) is 2. The van der Waals surface area contributed by atoms with Gasteiger partial charge in [0.05, 0.1) is 23.9 Å². The summed E-state index contributed by atoms with van der Waals surface area (Å²) in [5.41, 5.74) is 2.91. The first kappa shape index (κ1) is 8.69. The van der Waals surface area contributed by atoms with Crippen LogP contribution >= 0.6 is 0 Å². The van der Waals surface area contributed by atoms with Crippen LogP contribution in [0.2, 0.25) is 0 Å². The van der Waals surface area contributed by atoms with Crippen LogP contribution in [0.4, 0.5) is 0 Å². The maximum absolute atomic E-state index is 4.29. The second kappa shape index (κ2) is 3.46. The number of rotatable bonds is 2. The number of nitrogens with zero attached hydrogens (tertiary/aromatic N) is 3. The summed E-state index contributed by atoms with van der Waals surface area (Å²) in [5, 5.41) is 0. The first-order valence-electron chi connectivity index (χ1n) is 4.37. The lowest BCUT2D eigenvalue weighted by molar-refractivity contribution is 1.03. The Hall–Kier alpha value is -1.90. The van der Waals surface area contributed by atoms with Crippen molar-refractivity contribution >= 4 is 5.57 Å². The van der Waals surface area contributed by atoms with E-state index in [0.29, 0.717) is 0 Å². The molecule has 3 nitrogen and oxygen atoms in total. The van der Waals surface area contributed by atoms with Crippen molar-refractivity contribution in [1.29, 1.82) is 0 Å². The molecule has 70 valence electrons. The van der Waals surface area contributed by atoms with Crippen LogP contribution in [0.5, 0.6) is 0 Å². The van der Waals surface area contributed by atoms with Crippen LogP contribution in [-0.2, 0) is 0 Å². The van der Waals surface area contributed by atoms with Crippen LogP contribution < -0.4 is 0 Å². The van der Waals surface area contributed by atoms with E-state index in [2.05, 4.69) is 16.5 Å². The van der Waals surface area contributed by atoms with Crippen LogP contribution in [0.15, 0.2) is 43.6 Å². The Balaban J connectivity index is 2.36. The molecule has 2 aromatic heterocycles. The molecule has 0 radical (unpaired) electrons. The van der Waals surface area contributed by atoms with Gasteiger partial charge < -0.3 is 4.57 Å². The van der Waals surface area contributed by atoms with Crippen LogP contribution in [0, 0.1) is 0 Å². The van der Waals surface area contributed by atoms with E-state index in [9.17, 15) is 0 Å². The average molecular weight is 185 g/mol. The molecule has 0 fully saturated rings. The van der Waals surface area contributed by atoms with Gasteiger partial charge in [0.2, 0.25) is 0 Å². The first-order valence-corrected chi connectivity index (χ1v) is 4.37. The number of imidazole rings is 1. The van der Waals surface area contributed by atoms with Gasteiger partial charge in [-0.15, -0.1) is 0 Å². The van der Waals surface area contributed by atoms with Gasteiger partial charge in [-0.2, -0.15) is 0 Å². The van der Waals surface area contributed by atoms with Crippen LogP contribution in [0.3, 0.4) is 0 Å². The Morgan fingerprint density at radius 2 is 2.29 bits per heavy atom. The molecular weight excluding hydrogens is 174 g/mol. The van der Waals surface area contributed by atoms with Crippen molar-refractivity contribution in [3.63, 3.8) is 0 Å². The normalized spacial score (nSPS) is 10.1. The molecule has 0 saturated carbocycles. The molecule has 2 rings (SSSR count). The second-order valence-corrected chi connectivity index (χ2v) is 3.15. The van der Waals surface area contributed by atoms with E-state index in [1.54, 1.807) is 12.5 Å². The highest BCUT2D eigenvalue weighted by Crippen LogP contribution is 2.11. The van der Waals surface area contributed by atoms with E-state index in [4.69, 9.17) is 0 Å². The molecule has 2 aromatic rings. The Kier molecular flexibility index (Phi) is 2.14. The number of aromatic nitrogens is 3. The first-order chi connectivity index (χ1) is 6.77. The largest absolute Gasteiger partial charge is 0.305 e. The minimum Gasteiger partial charge on any atom is -0.305 e. The highest BCUT2D eigenvalue weighted by molar-refractivity contribution is 5.58. The van der Waals surface area contributed by atoms with E-state index in [1.807, 2.05) is 36.0 Å². The molecule has 0 aliphatic carbocycles. The van der Waals surface area contributed by atoms with Crippen LogP contribution in [-0.4, -0.2) is 14.5 Å². The predicted molar refractivity (Wildman–Crippen MR) is 56.1 cm³/mol. The average Bonchev–Trinajstić information content (AvgIpc) is 2.71. The fraction of sp³-hybridized carbons (Fsp3) is 0.0909. The second-order valence-electron chi connectivity index (χ2n) is 3.15. The monoisotopic (exact) mass is 185 g/mol. The van der Waals surface area contributed by atoms with Gasteiger partial charge in [-0.05, 0) is 24.6 Å². The summed E-state index contributed by atoms with van der Waals surface area (Å²) in [6, 6.07) is 3.95. The molecule has 0 spiro atoms. The van der Waals surface area contributed by atoms with E-state index in [0.717, 1.165) is 17.0 Å². The van der Waals surface area contributed by atoms with E-state index >= 15 is 0 Å². The molecule has 0 aromatic carbocycles. The summed E-state index contributed by atoms with van der Waals surface area (Å²) in [6.07, 6.45) is 7.19. The minimum atomic E-state index is 0.925. The number of hydrogen-bond donors (Lipinski definition) is 0. The third-order valence-corrected chi connectivity index (χ3v) is 1.99.